The van der Waals surface area contributed by atoms with Crippen LogP contribution in [-0.4, -0.2) is 30.8 Å². The lowest BCUT2D eigenvalue weighted by molar-refractivity contribution is -0.117. The third kappa shape index (κ3) is 4.06. The lowest BCUT2D eigenvalue weighted by atomic mass is 10.1. The maximum atomic E-state index is 12.6. The molecule has 5 heteroatoms. The second-order valence-electron chi connectivity index (χ2n) is 6.82. The molecule has 0 aromatic heterocycles. The van der Waals surface area contributed by atoms with Gasteiger partial charge in [0.2, 0.25) is 11.8 Å². The molecular weight excluding hydrogens is 314 g/mol. The lowest BCUT2D eigenvalue weighted by Crippen LogP contribution is -2.19. The van der Waals surface area contributed by atoms with E-state index >= 15 is 0 Å². The number of benzene rings is 2. The zero-order valence-corrected chi connectivity index (χ0v) is 14.5. The molecule has 0 saturated heterocycles. The lowest BCUT2D eigenvalue weighted by Gasteiger charge is -2.16. The molecule has 2 aromatic carbocycles. The maximum Gasteiger partial charge on any atom is 0.248 e. The van der Waals surface area contributed by atoms with Crippen molar-refractivity contribution < 1.29 is 9.59 Å². The van der Waals surface area contributed by atoms with Gasteiger partial charge < -0.3 is 16.0 Å². The number of nitrogens with zero attached hydrogens (tertiary/aromatic N) is 1. The van der Waals surface area contributed by atoms with E-state index in [9.17, 15) is 9.59 Å². The number of anilines is 1. The standard InChI is InChI=1S/C20H23N3O2/c1-23(2)12-15-9-8-14(19(21)24)10-18(15)22-20(25)17-11-16(17)13-6-4-3-5-7-13/h3-10,16-17H,11-12H2,1-2H3,(H2,21,24)(H,22,25)/t16-,17+/m1/s1. The highest BCUT2D eigenvalue weighted by atomic mass is 16.2. The number of rotatable bonds is 6. The number of carbonyl (C=O) groups is 2. The molecule has 0 heterocycles. The Labute approximate surface area is 147 Å². The molecule has 0 radical (unpaired) electrons. The number of nitrogens with one attached hydrogen (secondary N) is 1. The summed E-state index contributed by atoms with van der Waals surface area (Å²) in [5, 5.41) is 3.00. The second kappa shape index (κ2) is 7.07. The van der Waals surface area contributed by atoms with Crippen LogP contribution in [0.2, 0.25) is 0 Å². The van der Waals surface area contributed by atoms with Gasteiger partial charge in [-0.1, -0.05) is 36.4 Å². The monoisotopic (exact) mass is 337 g/mol. The Morgan fingerprint density at radius 2 is 1.88 bits per heavy atom. The van der Waals surface area contributed by atoms with Gasteiger partial charge in [-0.25, -0.2) is 0 Å². The van der Waals surface area contributed by atoms with Gasteiger partial charge in [0.25, 0.3) is 0 Å². The van der Waals surface area contributed by atoms with Crippen molar-refractivity contribution in [1.82, 2.24) is 4.90 Å². The first kappa shape index (κ1) is 17.2. The SMILES string of the molecule is CN(C)Cc1ccc(C(N)=O)cc1NC(=O)[C@H]1C[C@@H]1c1ccccc1. The molecule has 3 rings (SSSR count). The summed E-state index contributed by atoms with van der Waals surface area (Å²) in [5.74, 6) is -0.249. The second-order valence-corrected chi connectivity index (χ2v) is 6.82. The normalized spacial score (nSPS) is 18.8. The van der Waals surface area contributed by atoms with E-state index in [2.05, 4.69) is 17.4 Å². The average Bonchev–Trinajstić information content (AvgIpc) is 3.37. The summed E-state index contributed by atoms with van der Waals surface area (Å²) in [6.07, 6.45) is 0.856. The molecule has 25 heavy (non-hydrogen) atoms. The average molecular weight is 337 g/mol. The van der Waals surface area contributed by atoms with Gasteiger partial charge in [-0.15, -0.1) is 0 Å². The maximum absolute atomic E-state index is 12.6. The van der Waals surface area contributed by atoms with Gasteiger partial charge in [-0.3, -0.25) is 9.59 Å². The Morgan fingerprint density at radius 1 is 1.16 bits per heavy atom. The van der Waals surface area contributed by atoms with Crippen LogP contribution >= 0.6 is 0 Å². The van der Waals surface area contributed by atoms with Crippen LogP contribution in [0.15, 0.2) is 48.5 Å². The molecule has 0 bridgehead atoms. The molecule has 0 spiro atoms. The minimum absolute atomic E-state index is 0.00419. The fourth-order valence-electron chi connectivity index (χ4n) is 3.10. The number of hydrogen-bond acceptors (Lipinski definition) is 3. The van der Waals surface area contributed by atoms with E-state index < -0.39 is 5.91 Å². The largest absolute Gasteiger partial charge is 0.366 e. The van der Waals surface area contributed by atoms with Crippen LogP contribution in [0.5, 0.6) is 0 Å². The summed E-state index contributed by atoms with van der Waals surface area (Å²) >= 11 is 0. The van der Waals surface area contributed by atoms with Crippen LogP contribution < -0.4 is 11.1 Å². The van der Waals surface area contributed by atoms with Crippen molar-refractivity contribution in [3.63, 3.8) is 0 Å². The summed E-state index contributed by atoms with van der Waals surface area (Å²) in [5.41, 5.74) is 8.59. The zero-order valence-electron chi connectivity index (χ0n) is 14.5. The Hall–Kier alpha value is -2.66. The van der Waals surface area contributed by atoms with Crippen LogP contribution in [0.4, 0.5) is 5.69 Å². The smallest absolute Gasteiger partial charge is 0.248 e. The van der Waals surface area contributed by atoms with Crippen LogP contribution in [0.25, 0.3) is 0 Å². The number of nitrogens with two attached hydrogens (primary N) is 1. The molecule has 1 aliphatic rings. The van der Waals surface area contributed by atoms with E-state index in [1.807, 2.05) is 43.3 Å². The Morgan fingerprint density at radius 3 is 2.52 bits per heavy atom. The van der Waals surface area contributed by atoms with Crippen LogP contribution in [0.1, 0.15) is 33.8 Å². The van der Waals surface area contributed by atoms with Gasteiger partial charge in [0.05, 0.1) is 0 Å². The molecule has 130 valence electrons. The number of hydrogen-bond donors (Lipinski definition) is 2. The minimum Gasteiger partial charge on any atom is -0.366 e. The van der Waals surface area contributed by atoms with E-state index in [0.29, 0.717) is 17.8 Å². The highest BCUT2D eigenvalue weighted by Crippen LogP contribution is 2.48. The molecule has 1 saturated carbocycles. The molecule has 1 aliphatic carbocycles. The van der Waals surface area contributed by atoms with Crippen molar-refractivity contribution >= 4 is 17.5 Å². The summed E-state index contributed by atoms with van der Waals surface area (Å²) in [7, 11) is 3.92. The number of amides is 2. The minimum atomic E-state index is -0.500. The molecule has 5 nitrogen and oxygen atoms in total. The van der Waals surface area contributed by atoms with Gasteiger partial charge in [0, 0.05) is 23.7 Å². The van der Waals surface area contributed by atoms with E-state index in [1.165, 1.54) is 5.56 Å². The fourth-order valence-corrected chi connectivity index (χ4v) is 3.10. The van der Waals surface area contributed by atoms with Crippen molar-refractivity contribution in [2.75, 3.05) is 19.4 Å². The molecule has 2 atom stereocenters. The van der Waals surface area contributed by atoms with Crippen molar-refractivity contribution in [2.45, 2.75) is 18.9 Å². The van der Waals surface area contributed by atoms with Crippen molar-refractivity contribution in [3.05, 3.63) is 65.2 Å². The summed E-state index contributed by atoms with van der Waals surface area (Å²) < 4.78 is 0. The highest BCUT2D eigenvalue weighted by Gasteiger charge is 2.43. The predicted molar refractivity (Wildman–Crippen MR) is 98.3 cm³/mol. The predicted octanol–water partition coefficient (Wildman–Crippen LogP) is 2.59. The number of carbonyl (C=O) groups excluding carboxylic acids is 2. The first-order valence-corrected chi connectivity index (χ1v) is 8.39. The van der Waals surface area contributed by atoms with Crippen LogP contribution in [0, 0.1) is 5.92 Å². The third-order valence-corrected chi connectivity index (χ3v) is 4.49. The third-order valence-electron chi connectivity index (χ3n) is 4.49. The van der Waals surface area contributed by atoms with Gasteiger partial charge in [0.15, 0.2) is 0 Å². The fraction of sp³-hybridized carbons (Fsp3) is 0.300. The van der Waals surface area contributed by atoms with Gasteiger partial charge in [-0.05, 0) is 49.7 Å². The molecule has 0 unspecified atom stereocenters. The Bertz CT molecular complexity index is 787. The van der Waals surface area contributed by atoms with E-state index in [1.54, 1.807) is 12.1 Å². The van der Waals surface area contributed by atoms with Gasteiger partial charge >= 0.3 is 0 Å². The van der Waals surface area contributed by atoms with Crippen molar-refractivity contribution in [1.29, 1.82) is 0 Å². The quantitative estimate of drug-likeness (QED) is 0.851. The summed E-state index contributed by atoms with van der Waals surface area (Å²) in [4.78, 5) is 26.1. The van der Waals surface area contributed by atoms with Crippen molar-refractivity contribution in [2.24, 2.45) is 11.7 Å². The zero-order chi connectivity index (χ0) is 18.0. The Balaban J connectivity index is 1.76. The van der Waals surface area contributed by atoms with Crippen LogP contribution in [0.3, 0.4) is 0 Å². The highest BCUT2D eigenvalue weighted by molar-refractivity contribution is 5.98. The van der Waals surface area contributed by atoms with E-state index in [0.717, 1.165) is 12.0 Å². The van der Waals surface area contributed by atoms with Gasteiger partial charge in [0.1, 0.15) is 0 Å². The molecular formula is C20H23N3O2. The first-order valence-electron chi connectivity index (χ1n) is 8.39. The molecule has 1 fully saturated rings. The Kier molecular flexibility index (Phi) is 4.86. The number of primary amides is 1. The molecule has 0 aliphatic heterocycles. The van der Waals surface area contributed by atoms with E-state index in [-0.39, 0.29) is 17.7 Å². The van der Waals surface area contributed by atoms with Crippen molar-refractivity contribution in [3.8, 4) is 0 Å². The summed E-state index contributed by atoms with van der Waals surface area (Å²) in [6, 6.07) is 15.3. The van der Waals surface area contributed by atoms with Gasteiger partial charge in [-0.2, -0.15) is 0 Å². The van der Waals surface area contributed by atoms with E-state index in [4.69, 9.17) is 5.73 Å². The molecule has 2 aromatic rings. The molecule has 3 N–H and O–H groups in total. The van der Waals surface area contributed by atoms with Crippen LogP contribution in [-0.2, 0) is 11.3 Å². The molecule has 2 amide bonds. The topological polar surface area (TPSA) is 75.4 Å². The summed E-state index contributed by atoms with van der Waals surface area (Å²) in [6.45, 7) is 0.668. The first-order chi connectivity index (χ1) is 12.0.